The lowest BCUT2D eigenvalue weighted by atomic mass is 10.1. The minimum atomic E-state index is -4.24. The van der Waals surface area contributed by atoms with Crippen molar-refractivity contribution < 1.29 is 22.7 Å². The van der Waals surface area contributed by atoms with Crippen molar-refractivity contribution in [2.45, 2.75) is 50.7 Å². The van der Waals surface area contributed by atoms with Crippen molar-refractivity contribution in [1.29, 1.82) is 0 Å². The molecule has 1 atom stereocenters. The molecule has 2 amide bonds. The second kappa shape index (κ2) is 14.3. The molecule has 3 aromatic carbocycles. The second-order valence-corrected chi connectivity index (χ2v) is 12.7. The molecule has 0 bridgehead atoms. The van der Waals surface area contributed by atoms with E-state index in [4.69, 9.17) is 39.5 Å². The van der Waals surface area contributed by atoms with Crippen LogP contribution in [0.25, 0.3) is 0 Å². The average molecular weight is 641 g/mol. The van der Waals surface area contributed by atoms with Crippen molar-refractivity contribution >= 4 is 62.3 Å². The average Bonchev–Trinajstić information content (AvgIpc) is 2.92. The van der Waals surface area contributed by atoms with Gasteiger partial charge < -0.3 is 15.0 Å². The molecule has 220 valence electrons. The molecular weight excluding hydrogens is 609 g/mol. The van der Waals surface area contributed by atoms with E-state index in [1.807, 2.05) is 13.8 Å². The highest BCUT2D eigenvalue weighted by atomic mass is 35.5. The predicted molar refractivity (Wildman–Crippen MR) is 163 cm³/mol. The number of anilines is 1. The van der Waals surface area contributed by atoms with Gasteiger partial charge in [0.1, 0.15) is 18.3 Å². The molecule has 0 heterocycles. The highest BCUT2D eigenvalue weighted by molar-refractivity contribution is 7.92. The van der Waals surface area contributed by atoms with Gasteiger partial charge in [-0.1, -0.05) is 47.8 Å². The number of halogens is 3. The van der Waals surface area contributed by atoms with Crippen LogP contribution in [0.1, 0.15) is 32.8 Å². The fourth-order valence-electron chi connectivity index (χ4n) is 4.14. The summed E-state index contributed by atoms with van der Waals surface area (Å²) in [6.07, 6.45) is 0.279. The van der Waals surface area contributed by atoms with Crippen molar-refractivity contribution in [1.82, 2.24) is 10.2 Å². The van der Waals surface area contributed by atoms with E-state index < -0.39 is 28.5 Å². The fraction of sp³-hybridized carbons (Fsp3) is 0.310. The molecular formula is C29H32Cl3N3O5S. The van der Waals surface area contributed by atoms with Crippen LogP contribution in [0.3, 0.4) is 0 Å². The summed E-state index contributed by atoms with van der Waals surface area (Å²) in [7, 11) is -2.76. The first-order chi connectivity index (χ1) is 19.4. The predicted octanol–water partition coefficient (Wildman–Crippen LogP) is 6.18. The molecule has 0 radical (unpaired) electrons. The Bertz CT molecular complexity index is 1470. The molecule has 1 unspecified atom stereocenters. The van der Waals surface area contributed by atoms with Gasteiger partial charge in [0.2, 0.25) is 11.8 Å². The highest BCUT2D eigenvalue weighted by Gasteiger charge is 2.34. The summed E-state index contributed by atoms with van der Waals surface area (Å²) in [5.41, 5.74) is 0.777. The molecule has 0 saturated carbocycles. The zero-order chi connectivity index (χ0) is 30.3. The first-order valence-corrected chi connectivity index (χ1v) is 15.4. The summed E-state index contributed by atoms with van der Waals surface area (Å²) in [6.45, 7) is 4.77. The topological polar surface area (TPSA) is 96.0 Å². The summed E-state index contributed by atoms with van der Waals surface area (Å²) >= 11 is 18.6. The fourth-order valence-corrected chi connectivity index (χ4v) is 6.15. The lowest BCUT2D eigenvalue weighted by Crippen LogP contribution is -2.53. The van der Waals surface area contributed by atoms with Crippen LogP contribution < -0.4 is 14.4 Å². The summed E-state index contributed by atoms with van der Waals surface area (Å²) in [5, 5.41) is 3.98. The largest absolute Gasteiger partial charge is 0.497 e. The van der Waals surface area contributed by atoms with Gasteiger partial charge in [0.25, 0.3) is 10.0 Å². The van der Waals surface area contributed by atoms with Crippen molar-refractivity contribution in [3.63, 3.8) is 0 Å². The van der Waals surface area contributed by atoms with Crippen molar-refractivity contribution in [3.8, 4) is 5.75 Å². The Hall–Kier alpha value is -2.98. The van der Waals surface area contributed by atoms with Gasteiger partial charge in [0, 0.05) is 27.7 Å². The van der Waals surface area contributed by atoms with Crippen LogP contribution in [0.15, 0.2) is 71.6 Å². The van der Waals surface area contributed by atoms with Crippen molar-refractivity contribution in [2.24, 2.45) is 0 Å². The Balaban J connectivity index is 2.08. The molecule has 3 rings (SSSR count). The van der Waals surface area contributed by atoms with Crippen LogP contribution in [0, 0.1) is 0 Å². The molecule has 0 fully saturated rings. The number of amides is 2. The van der Waals surface area contributed by atoms with Crippen LogP contribution in [0.2, 0.25) is 15.1 Å². The maximum Gasteiger partial charge on any atom is 0.264 e. The van der Waals surface area contributed by atoms with E-state index >= 15 is 0 Å². The third kappa shape index (κ3) is 8.29. The number of carbonyl (C=O) groups is 2. The maximum absolute atomic E-state index is 14.1. The van der Waals surface area contributed by atoms with Gasteiger partial charge in [-0.15, -0.1) is 0 Å². The van der Waals surface area contributed by atoms with E-state index in [0.717, 1.165) is 4.31 Å². The number of nitrogens with one attached hydrogen (secondary N) is 1. The number of methoxy groups -OCH3 is 1. The summed E-state index contributed by atoms with van der Waals surface area (Å²) in [4.78, 5) is 28.6. The van der Waals surface area contributed by atoms with Gasteiger partial charge in [-0.05, 0) is 86.5 Å². The summed E-state index contributed by atoms with van der Waals surface area (Å²) in [6, 6.07) is 15.7. The van der Waals surface area contributed by atoms with Crippen LogP contribution in [0.4, 0.5) is 5.69 Å². The SMILES string of the molecule is CCC(C(=O)NC(C)C)N(Cc1ccc(Cl)cc1Cl)C(=O)CN(c1ccc(Cl)cc1)S(=O)(=O)c1ccc(OC)cc1. The molecule has 3 aromatic rings. The van der Waals surface area contributed by atoms with Gasteiger partial charge in [0.05, 0.1) is 17.7 Å². The molecule has 12 heteroatoms. The van der Waals surface area contributed by atoms with Gasteiger partial charge in [-0.25, -0.2) is 8.42 Å². The van der Waals surface area contributed by atoms with Crippen molar-refractivity contribution in [3.05, 3.63) is 87.4 Å². The van der Waals surface area contributed by atoms with Crippen LogP contribution in [-0.4, -0.2) is 50.9 Å². The van der Waals surface area contributed by atoms with Crippen LogP contribution >= 0.6 is 34.8 Å². The van der Waals surface area contributed by atoms with Gasteiger partial charge in [-0.3, -0.25) is 13.9 Å². The van der Waals surface area contributed by atoms with Crippen LogP contribution in [0.5, 0.6) is 5.75 Å². The Kier molecular flexibility index (Phi) is 11.3. The molecule has 0 spiro atoms. The van der Waals surface area contributed by atoms with E-state index in [-0.39, 0.29) is 35.5 Å². The summed E-state index contributed by atoms with van der Waals surface area (Å²) in [5.74, 6) is -0.489. The highest BCUT2D eigenvalue weighted by Crippen LogP contribution is 2.28. The summed E-state index contributed by atoms with van der Waals surface area (Å²) < 4.78 is 34.0. The van der Waals surface area contributed by atoms with E-state index in [1.165, 1.54) is 60.5 Å². The number of sulfonamides is 1. The lowest BCUT2D eigenvalue weighted by Gasteiger charge is -2.33. The number of hydrogen-bond donors (Lipinski definition) is 1. The maximum atomic E-state index is 14.1. The molecule has 0 aliphatic heterocycles. The quantitative estimate of drug-likeness (QED) is 0.255. The Morgan fingerprint density at radius 2 is 1.54 bits per heavy atom. The zero-order valence-electron chi connectivity index (χ0n) is 23.1. The molecule has 41 heavy (non-hydrogen) atoms. The number of rotatable bonds is 12. The van der Waals surface area contributed by atoms with E-state index in [0.29, 0.717) is 26.4 Å². The number of benzene rings is 3. The zero-order valence-corrected chi connectivity index (χ0v) is 26.2. The monoisotopic (exact) mass is 639 g/mol. The number of ether oxygens (including phenoxy) is 1. The smallest absolute Gasteiger partial charge is 0.264 e. The Labute approximate surface area is 256 Å². The number of hydrogen-bond acceptors (Lipinski definition) is 5. The lowest BCUT2D eigenvalue weighted by molar-refractivity contribution is -0.140. The number of nitrogens with zero attached hydrogens (tertiary/aromatic N) is 2. The Morgan fingerprint density at radius 1 is 0.927 bits per heavy atom. The molecule has 0 saturated heterocycles. The third-order valence-corrected chi connectivity index (χ3v) is 8.84. The molecule has 1 N–H and O–H groups in total. The number of carbonyl (C=O) groups excluding carboxylic acids is 2. The first kappa shape index (κ1) is 32.5. The van der Waals surface area contributed by atoms with Gasteiger partial charge in [-0.2, -0.15) is 0 Å². The molecule has 0 aliphatic rings. The standard InChI is InChI=1S/C29H32Cl3N3O5S/c1-5-27(29(37)33-19(2)3)34(17-20-6-7-22(31)16-26(20)32)28(36)18-35(23-10-8-21(30)9-11-23)41(38,39)25-14-12-24(40-4)13-15-25/h6-16,19,27H,5,17-18H2,1-4H3,(H,33,37). The first-order valence-electron chi connectivity index (χ1n) is 12.8. The normalized spacial score (nSPS) is 12.1. The second-order valence-electron chi connectivity index (χ2n) is 9.51. The Morgan fingerprint density at radius 3 is 2.07 bits per heavy atom. The van der Waals surface area contributed by atoms with Gasteiger partial charge in [0.15, 0.2) is 0 Å². The third-order valence-electron chi connectivity index (χ3n) is 6.21. The van der Waals surface area contributed by atoms with Crippen LogP contribution in [-0.2, 0) is 26.2 Å². The van der Waals surface area contributed by atoms with E-state index in [2.05, 4.69) is 5.32 Å². The minimum Gasteiger partial charge on any atom is -0.497 e. The molecule has 0 aromatic heterocycles. The van der Waals surface area contributed by atoms with Crippen molar-refractivity contribution in [2.75, 3.05) is 18.0 Å². The molecule has 0 aliphatic carbocycles. The molecule has 8 nitrogen and oxygen atoms in total. The van der Waals surface area contributed by atoms with E-state index in [1.54, 1.807) is 25.1 Å². The van der Waals surface area contributed by atoms with Gasteiger partial charge >= 0.3 is 0 Å². The van der Waals surface area contributed by atoms with E-state index in [9.17, 15) is 18.0 Å². The minimum absolute atomic E-state index is 0.0436.